The number of anilines is 1. The van der Waals surface area contributed by atoms with Gasteiger partial charge in [-0.05, 0) is 48.6 Å². The second-order valence-electron chi connectivity index (χ2n) is 8.46. The van der Waals surface area contributed by atoms with Crippen LogP contribution in [-0.4, -0.2) is 31.7 Å². The van der Waals surface area contributed by atoms with Crippen molar-refractivity contribution in [3.63, 3.8) is 0 Å². The Morgan fingerprint density at radius 3 is 2.74 bits per heavy atom. The molecule has 0 aliphatic carbocycles. The Morgan fingerprint density at radius 1 is 1.17 bits per heavy atom. The van der Waals surface area contributed by atoms with Gasteiger partial charge in [-0.2, -0.15) is 0 Å². The van der Waals surface area contributed by atoms with Crippen LogP contribution in [0.2, 0.25) is 0 Å². The highest BCUT2D eigenvalue weighted by molar-refractivity contribution is 5.94. The summed E-state index contributed by atoms with van der Waals surface area (Å²) >= 11 is 0. The Balaban J connectivity index is 1.47. The largest absolute Gasteiger partial charge is 0.489 e. The van der Waals surface area contributed by atoms with Crippen LogP contribution < -0.4 is 10.5 Å². The van der Waals surface area contributed by atoms with Crippen LogP contribution in [-0.2, 0) is 11.4 Å². The fourth-order valence-electron chi connectivity index (χ4n) is 4.49. The smallest absolute Gasteiger partial charge is 0.299 e. The van der Waals surface area contributed by atoms with Gasteiger partial charge in [0, 0.05) is 30.9 Å². The summed E-state index contributed by atoms with van der Waals surface area (Å²) < 4.78 is 7.89. The molecule has 2 aromatic heterocycles. The van der Waals surface area contributed by atoms with E-state index in [0.717, 1.165) is 46.8 Å². The van der Waals surface area contributed by atoms with E-state index in [4.69, 9.17) is 15.5 Å². The number of carbonyl (C=O) groups excluding carboxylic acids is 1. The summed E-state index contributed by atoms with van der Waals surface area (Å²) in [5.41, 5.74) is 9.80. The molecule has 35 heavy (non-hydrogen) atoms. The molecule has 0 saturated carbocycles. The molecule has 0 radical (unpaired) electrons. The van der Waals surface area contributed by atoms with Crippen LogP contribution in [0.25, 0.3) is 16.8 Å². The van der Waals surface area contributed by atoms with E-state index < -0.39 is 0 Å². The predicted molar refractivity (Wildman–Crippen MR) is 135 cm³/mol. The lowest BCUT2D eigenvalue weighted by Gasteiger charge is -2.21. The normalized spacial score (nSPS) is 15.1. The molecule has 1 aliphatic heterocycles. The zero-order valence-electron chi connectivity index (χ0n) is 19.6. The molecule has 7 heteroatoms. The molecule has 4 aromatic rings. The van der Waals surface area contributed by atoms with Gasteiger partial charge in [0.2, 0.25) is 0 Å². The van der Waals surface area contributed by atoms with Crippen LogP contribution in [0.15, 0.2) is 67.0 Å². The van der Waals surface area contributed by atoms with E-state index in [1.165, 1.54) is 0 Å². The summed E-state index contributed by atoms with van der Waals surface area (Å²) in [5.74, 6) is 7.43. The van der Waals surface area contributed by atoms with Crippen LogP contribution in [0, 0.1) is 11.8 Å². The molecular formula is C28H27N5O2. The SMILES string of the molecule is CCC#CC(=O)N1CCC[C@H]1c1nc(-c2ccc(OCc3ccccc3)cc2)c2c(N)nccn12. The Kier molecular flexibility index (Phi) is 6.36. The van der Waals surface area contributed by atoms with Crippen molar-refractivity contribution in [2.45, 2.75) is 38.8 Å². The summed E-state index contributed by atoms with van der Waals surface area (Å²) in [4.78, 5) is 23.8. The van der Waals surface area contributed by atoms with Crippen LogP contribution >= 0.6 is 0 Å². The Bertz CT molecular complexity index is 1400. The van der Waals surface area contributed by atoms with Gasteiger partial charge in [-0.15, -0.1) is 0 Å². The Hall–Kier alpha value is -4.31. The number of aromatic nitrogens is 3. The maximum absolute atomic E-state index is 12.7. The molecule has 1 saturated heterocycles. The number of fused-ring (bicyclic) bond motifs is 1. The average Bonchev–Trinajstić information content (AvgIpc) is 3.53. The summed E-state index contributed by atoms with van der Waals surface area (Å²) in [7, 11) is 0. The van der Waals surface area contributed by atoms with Gasteiger partial charge < -0.3 is 15.4 Å². The average molecular weight is 466 g/mol. The molecule has 0 bridgehead atoms. The zero-order valence-corrected chi connectivity index (χ0v) is 19.6. The van der Waals surface area contributed by atoms with E-state index in [9.17, 15) is 4.79 Å². The third-order valence-corrected chi connectivity index (χ3v) is 6.17. The van der Waals surface area contributed by atoms with Gasteiger partial charge >= 0.3 is 0 Å². The number of nitrogens with two attached hydrogens (primary N) is 1. The summed E-state index contributed by atoms with van der Waals surface area (Å²) in [6.07, 6.45) is 5.90. The highest BCUT2D eigenvalue weighted by Gasteiger charge is 2.33. The first kappa shape index (κ1) is 22.5. The summed E-state index contributed by atoms with van der Waals surface area (Å²) in [6, 6.07) is 17.7. The fraction of sp³-hybridized carbons (Fsp3) is 0.250. The highest BCUT2D eigenvalue weighted by Crippen LogP contribution is 2.36. The van der Waals surface area contributed by atoms with E-state index in [1.807, 2.05) is 77.0 Å². The molecule has 1 aliphatic rings. The van der Waals surface area contributed by atoms with Crippen molar-refractivity contribution in [2.24, 2.45) is 0 Å². The number of amides is 1. The van der Waals surface area contributed by atoms with Crippen molar-refractivity contribution in [3.8, 4) is 28.8 Å². The van der Waals surface area contributed by atoms with Gasteiger partial charge in [0.15, 0.2) is 0 Å². The van der Waals surface area contributed by atoms with Crippen molar-refractivity contribution in [3.05, 3.63) is 78.4 Å². The van der Waals surface area contributed by atoms with Gasteiger partial charge in [-0.25, -0.2) is 9.97 Å². The molecule has 0 spiro atoms. The van der Waals surface area contributed by atoms with Gasteiger partial charge in [0.1, 0.15) is 35.2 Å². The number of ether oxygens (including phenoxy) is 1. The number of imidazole rings is 1. The quantitative estimate of drug-likeness (QED) is 0.434. The topological polar surface area (TPSA) is 85.8 Å². The lowest BCUT2D eigenvalue weighted by atomic mass is 10.1. The number of benzene rings is 2. The third-order valence-electron chi connectivity index (χ3n) is 6.17. The molecule has 1 amide bonds. The van der Waals surface area contributed by atoms with Crippen LogP contribution in [0.3, 0.4) is 0 Å². The monoisotopic (exact) mass is 465 g/mol. The minimum Gasteiger partial charge on any atom is -0.489 e. The van der Waals surface area contributed by atoms with Crippen molar-refractivity contribution in [2.75, 3.05) is 12.3 Å². The Labute approximate surface area is 204 Å². The van der Waals surface area contributed by atoms with Gasteiger partial charge in [0.05, 0.1) is 6.04 Å². The maximum Gasteiger partial charge on any atom is 0.299 e. The number of likely N-dealkylation sites (tertiary alicyclic amines) is 1. The minimum atomic E-state index is -0.162. The van der Waals surface area contributed by atoms with Crippen molar-refractivity contribution in [1.29, 1.82) is 0 Å². The molecule has 7 nitrogen and oxygen atoms in total. The van der Waals surface area contributed by atoms with Crippen molar-refractivity contribution in [1.82, 2.24) is 19.3 Å². The number of hydrogen-bond donors (Lipinski definition) is 1. The summed E-state index contributed by atoms with van der Waals surface area (Å²) in [6.45, 7) is 3.10. The zero-order chi connectivity index (χ0) is 24.2. The van der Waals surface area contributed by atoms with Gasteiger partial charge in [-0.3, -0.25) is 9.20 Å². The first-order valence-electron chi connectivity index (χ1n) is 11.8. The second-order valence-corrected chi connectivity index (χ2v) is 8.46. The van der Waals surface area contributed by atoms with E-state index >= 15 is 0 Å². The molecule has 2 aromatic carbocycles. The standard InChI is InChI=1S/C28H27N5O2/c1-2-3-11-24(34)32-17-7-10-23(32)28-31-25(26-27(29)30-16-18-33(26)28)21-12-14-22(15-13-21)35-19-20-8-5-4-6-9-20/h4-6,8-9,12-16,18,23H,2,7,10,17,19H2,1H3,(H2,29,30)/t23-/m0/s1. The van der Waals surface area contributed by atoms with Crippen molar-refractivity contribution >= 4 is 17.2 Å². The molecule has 1 fully saturated rings. The van der Waals surface area contributed by atoms with Crippen molar-refractivity contribution < 1.29 is 9.53 Å². The minimum absolute atomic E-state index is 0.158. The Morgan fingerprint density at radius 2 is 1.97 bits per heavy atom. The number of hydrogen-bond acceptors (Lipinski definition) is 5. The predicted octanol–water partition coefficient (Wildman–Crippen LogP) is 4.63. The van der Waals surface area contributed by atoms with Gasteiger partial charge in [0.25, 0.3) is 5.91 Å². The molecule has 176 valence electrons. The lowest BCUT2D eigenvalue weighted by Crippen LogP contribution is -2.30. The summed E-state index contributed by atoms with van der Waals surface area (Å²) in [5, 5.41) is 0. The molecular weight excluding hydrogens is 438 g/mol. The van der Waals surface area contributed by atoms with E-state index in [1.54, 1.807) is 6.20 Å². The first-order chi connectivity index (χ1) is 17.2. The molecule has 5 rings (SSSR count). The van der Waals surface area contributed by atoms with Gasteiger partial charge in [-0.1, -0.05) is 43.2 Å². The number of nitrogens with zero attached hydrogens (tertiary/aromatic N) is 4. The van der Waals surface area contributed by atoms with E-state index in [2.05, 4.69) is 16.8 Å². The lowest BCUT2D eigenvalue weighted by molar-refractivity contribution is -0.126. The van der Waals surface area contributed by atoms with Crippen LogP contribution in [0.5, 0.6) is 5.75 Å². The van der Waals surface area contributed by atoms with Crippen LogP contribution in [0.1, 0.15) is 43.6 Å². The fourth-order valence-corrected chi connectivity index (χ4v) is 4.49. The van der Waals surface area contributed by atoms with Crippen LogP contribution in [0.4, 0.5) is 5.82 Å². The number of nitrogen functional groups attached to an aromatic ring is 1. The molecule has 0 unspecified atom stereocenters. The highest BCUT2D eigenvalue weighted by atomic mass is 16.5. The number of carbonyl (C=O) groups is 1. The molecule has 2 N–H and O–H groups in total. The molecule has 3 heterocycles. The van der Waals surface area contributed by atoms with E-state index in [-0.39, 0.29) is 11.9 Å². The second kappa shape index (κ2) is 9.90. The number of rotatable bonds is 5. The third kappa shape index (κ3) is 4.56. The maximum atomic E-state index is 12.7. The first-order valence-corrected chi connectivity index (χ1v) is 11.8. The molecule has 1 atom stereocenters. The van der Waals surface area contributed by atoms with E-state index in [0.29, 0.717) is 25.4 Å².